The lowest BCUT2D eigenvalue weighted by atomic mass is 10.1. The van der Waals surface area contributed by atoms with E-state index >= 15 is 0 Å². The van der Waals surface area contributed by atoms with Crippen LogP contribution < -0.4 is 5.32 Å². The average Bonchev–Trinajstić information content (AvgIpc) is 2.97. The van der Waals surface area contributed by atoms with Gasteiger partial charge < -0.3 is 10.2 Å². The third kappa shape index (κ3) is 5.53. The van der Waals surface area contributed by atoms with E-state index in [1.807, 2.05) is 0 Å². The minimum Gasteiger partial charge on any atom is -0.313 e. The van der Waals surface area contributed by atoms with Crippen LogP contribution in [0, 0.1) is 11.8 Å². The molecular formula is C13H28N2. The van der Waals surface area contributed by atoms with E-state index < -0.39 is 0 Å². The highest BCUT2D eigenvalue weighted by molar-refractivity contribution is 4.87. The van der Waals surface area contributed by atoms with Crippen LogP contribution in [-0.2, 0) is 0 Å². The van der Waals surface area contributed by atoms with Gasteiger partial charge >= 0.3 is 0 Å². The van der Waals surface area contributed by atoms with Gasteiger partial charge in [-0.05, 0) is 51.2 Å². The molecule has 0 radical (unpaired) electrons. The first-order chi connectivity index (χ1) is 7.13. The van der Waals surface area contributed by atoms with Gasteiger partial charge in [0.1, 0.15) is 0 Å². The highest BCUT2D eigenvalue weighted by Gasteiger charge is 2.30. The fourth-order valence-electron chi connectivity index (χ4n) is 2.05. The van der Waals surface area contributed by atoms with Crippen molar-refractivity contribution in [3.8, 4) is 0 Å². The zero-order valence-electron chi connectivity index (χ0n) is 10.9. The lowest BCUT2D eigenvalue weighted by Crippen LogP contribution is -2.41. The molecule has 1 aliphatic rings. The summed E-state index contributed by atoms with van der Waals surface area (Å²) in [6, 6.07) is 0.743. The Morgan fingerprint density at radius 1 is 1.33 bits per heavy atom. The van der Waals surface area contributed by atoms with Crippen LogP contribution in [0.4, 0.5) is 0 Å². The van der Waals surface area contributed by atoms with Crippen LogP contribution in [0.1, 0.15) is 40.0 Å². The molecule has 0 amide bonds. The molecule has 2 nitrogen and oxygen atoms in total. The predicted molar refractivity (Wildman–Crippen MR) is 67.1 cm³/mol. The van der Waals surface area contributed by atoms with Gasteiger partial charge in [-0.1, -0.05) is 20.8 Å². The van der Waals surface area contributed by atoms with Gasteiger partial charge in [0.15, 0.2) is 0 Å². The van der Waals surface area contributed by atoms with Crippen LogP contribution in [0.2, 0.25) is 0 Å². The monoisotopic (exact) mass is 212 g/mol. The van der Waals surface area contributed by atoms with E-state index in [0.717, 1.165) is 24.4 Å². The molecule has 90 valence electrons. The summed E-state index contributed by atoms with van der Waals surface area (Å²) in [5.74, 6) is 1.79. The summed E-state index contributed by atoms with van der Waals surface area (Å²) in [7, 11) is 2.26. The second kappa shape index (κ2) is 6.49. The maximum atomic E-state index is 3.62. The second-order valence-corrected chi connectivity index (χ2v) is 5.45. The second-order valence-electron chi connectivity index (χ2n) is 5.45. The molecule has 2 heteroatoms. The molecule has 1 fully saturated rings. The fraction of sp³-hybridized carbons (Fsp3) is 1.00. The SMILES string of the molecule is CCNC(CN(C)CCC(C)C)C1CC1. The number of rotatable bonds is 8. The van der Waals surface area contributed by atoms with Crippen molar-refractivity contribution < 1.29 is 0 Å². The van der Waals surface area contributed by atoms with Gasteiger partial charge in [0.2, 0.25) is 0 Å². The first-order valence-corrected chi connectivity index (χ1v) is 6.55. The summed E-state index contributed by atoms with van der Waals surface area (Å²) in [6.45, 7) is 10.4. The molecule has 1 N–H and O–H groups in total. The van der Waals surface area contributed by atoms with Gasteiger partial charge in [-0.25, -0.2) is 0 Å². The van der Waals surface area contributed by atoms with Crippen molar-refractivity contribution in [2.24, 2.45) is 11.8 Å². The summed E-state index contributed by atoms with van der Waals surface area (Å²) >= 11 is 0. The zero-order valence-corrected chi connectivity index (χ0v) is 10.9. The highest BCUT2D eigenvalue weighted by Crippen LogP contribution is 2.32. The Morgan fingerprint density at radius 3 is 2.47 bits per heavy atom. The molecule has 0 bridgehead atoms. The quantitative estimate of drug-likeness (QED) is 0.664. The largest absolute Gasteiger partial charge is 0.313 e. The Labute approximate surface area is 95.4 Å². The van der Waals surface area contributed by atoms with E-state index in [-0.39, 0.29) is 0 Å². The number of nitrogens with zero attached hydrogens (tertiary/aromatic N) is 1. The smallest absolute Gasteiger partial charge is 0.0223 e. The number of nitrogens with one attached hydrogen (secondary N) is 1. The topological polar surface area (TPSA) is 15.3 Å². The molecule has 0 aromatic rings. The van der Waals surface area contributed by atoms with Gasteiger partial charge in [-0.15, -0.1) is 0 Å². The van der Waals surface area contributed by atoms with Crippen molar-refractivity contribution in [2.75, 3.05) is 26.7 Å². The summed E-state index contributed by atoms with van der Waals surface area (Å²) in [4.78, 5) is 2.49. The van der Waals surface area contributed by atoms with Crippen molar-refractivity contribution in [3.63, 3.8) is 0 Å². The fourth-order valence-corrected chi connectivity index (χ4v) is 2.05. The zero-order chi connectivity index (χ0) is 11.3. The normalized spacial score (nSPS) is 18.8. The third-order valence-corrected chi connectivity index (χ3v) is 3.25. The van der Waals surface area contributed by atoms with Gasteiger partial charge in [-0.3, -0.25) is 0 Å². The standard InChI is InChI=1S/C13H28N2/c1-5-14-13(12-6-7-12)10-15(4)9-8-11(2)3/h11-14H,5-10H2,1-4H3. The van der Waals surface area contributed by atoms with Crippen LogP contribution in [0.5, 0.6) is 0 Å². The third-order valence-electron chi connectivity index (χ3n) is 3.25. The molecule has 1 atom stereocenters. The number of likely N-dealkylation sites (N-methyl/N-ethyl adjacent to an activating group) is 2. The van der Waals surface area contributed by atoms with Crippen LogP contribution in [0.3, 0.4) is 0 Å². The van der Waals surface area contributed by atoms with Crippen molar-refractivity contribution >= 4 is 0 Å². The minimum atomic E-state index is 0.743. The molecule has 0 heterocycles. The Balaban J connectivity index is 2.17. The number of hydrogen-bond donors (Lipinski definition) is 1. The Morgan fingerprint density at radius 2 is 2.00 bits per heavy atom. The van der Waals surface area contributed by atoms with Gasteiger partial charge in [0.05, 0.1) is 0 Å². The van der Waals surface area contributed by atoms with Gasteiger partial charge in [-0.2, -0.15) is 0 Å². The van der Waals surface area contributed by atoms with Crippen molar-refractivity contribution in [3.05, 3.63) is 0 Å². The molecule has 0 aromatic heterocycles. The Kier molecular flexibility index (Phi) is 5.62. The maximum absolute atomic E-state index is 3.62. The molecule has 0 aromatic carbocycles. The van der Waals surface area contributed by atoms with Crippen LogP contribution in [0.25, 0.3) is 0 Å². The van der Waals surface area contributed by atoms with Crippen molar-refractivity contribution in [1.29, 1.82) is 0 Å². The lowest BCUT2D eigenvalue weighted by Gasteiger charge is -2.25. The summed E-state index contributed by atoms with van der Waals surface area (Å²) in [6.07, 6.45) is 4.20. The van der Waals surface area contributed by atoms with E-state index in [2.05, 4.69) is 38.0 Å². The molecular weight excluding hydrogens is 184 g/mol. The molecule has 1 unspecified atom stereocenters. The van der Waals surface area contributed by atoms with E-state index in [9.17, 15) is 0 Å². The van der Waals surface area contributed by atoms with Crippen LogP contribution in [0.15, 0.2) is 0 Å². The highest BCUT2D eigenvalue weighted by atomic mass is 15.1. The molecule has 0 spiro atoms. The van der Waals surface area contributed by atoms with E-state index in [0.29, 0.717) is 0 Å². The Bertz CT molecular complexity index is 164. The van der Waals surface area contributed by atoms with E-state index in [4.69, 9.17) is 0 Å². The van der Waals surface area contributed by atoms with Crippen LogP contribution >= 0.6 is 0 Å². The maximum Gasteiger partial charge on any atom is 0.0223 e. The lowest BCUT2D eigenvalue weighted by molar-refractivity contribution is 0.262. The minimum absolute atomic E-state index is 0.743. The number of hydrogen-bond acceptors (Lipinski definition) is 2. The Hall–Kier alpha value is -0.0800. The van der Waals surface area contributed by atoms with Crippen molar-refractivity contribution in [1.82, 2.24) is 10.2 Å². The molecule has 0 saturated heterocycles. The van der Waals surface area contributed by atoms with E-state index in [1.54, 1.807) is 0 Å². The molecule has 1 aliphatic carbocycles. The molecule has 1 saturated carbocycles. The summed E-state index contributed by atoms with van der Waals surface area (Å²) in [5, 5.41) is 3.62. The van der Waals surface area contributed by atoms with E-state index in [1.165, 1.54) is 32.4 Å². The van der Waals surface area contributed by atoms with Crippen LogP contribution in [-0.4, -0.2) is 37.6 Å². The molecule has 1 rings (SSSR count). The molecule has 15 heavy (non-hydrogen) atoms. The summed E-state index contributed by atoms with van der Waals surface area (Å²) in [5.41, 5.74) is 0. The van der Waals surface area contributed by atoms with Crippen molar-refractivity contribution in [2.45, 2.75) is 46.1 Å². The first kappa shape index (κ1) is 13.0. The predicted octanol–water partition coefficient (Wildman–Crippen LogP) is 2.35. The van der Waals surface area contributed by atoms with Gasteiger partial charge in [0, 0.05) is 12.6 Å². The molecule has 0 aliphatic heterocycles. The van der Waals surface area contributed by atoms with Gasteiger partial charge in [0.25, 0.3) is 0 Å². The summed E-state index contributed by atoms with van der Waals surface area (Å²) < 4.78 is 0. The first-order valence-electron chi connectivity index (χ1n) is 6.55. The average molecular weight is 212 g/mol.